The lowest BCUT2D eigenvalue weighted by atomic mass is 10.1. The summed E-state index contributed by atoms with van der Waals surface area (Å²) in [5.74, 6) is -0.196. The van der Waals surface area contributed by atoms with Crippen LogP contribution >= 0.6 is 11.3 Å². The van der Waals surface area contributed by atoms with E-state index in [2.05, 4.69) is 14.8 Å². The second-order valence-corrected chi connectivity index (χ2v) is 7.90. The predicted octanol–water partition coefficient (Wildman–Crippen LogP) is 5.74. The van der Waals surface area contributed by atoms with Gasteiger partial charge in [-0.25, -0.2) is 9.67 Å². The number of rotatable bonds is 7. The highest BCUT2D eigenvalue weighted by atomic mass is 32.1. The molecule has 0 fully saturated rings. The maximum atomic E-state index is 12.3. The first kappa shape index (κ1) is 22.5. The summed E-state index contributed by atoms with van der Waals surface area (Å²) >= 11 is 1.55. The molecule has 0 aliphatic carbocycles. The third-order valence-corrected chi connectivity index (χ3v) is 5.41. The number of carbonyl (C=O) groups excluding carboxylic acids is 1. The van der Waals surface area contributed by atoms with E-state index >= 15 is 0 Å². The van der Waals surface area contributed by atoms with Crippen molar-refractivity contribution < 1.29 is 27.4 Å². The Kier molecular flexibility index (Phi) is 6.45. The molecule has 0 N–H and O–H groups in total. The highest BCUT2D eigenvalue weighted by Crippen LogP contribution is 2.24. The first-order valence-electron chi connectivity index (χ1n) is 9.85. The molecule has 1 atom stereocenters. The van der Waals surface area contributed by atoms with Crippen molar-refractivity contribution >= 4 is 17.3 Å². The molecule has 0 saturated heterocycles. The highest BCUT2D eigenvalue weighted by molar-refractivity contribution is 7.07. The molecule has 2 heterocycles. The summed E-state index contributed by atoms with van der Waals surface area (Å²) in [6.45, 7) is 1.84. The number of nitrogens with zero attached hydrogens (tertiary/aromatic N) is 3. The van der Waals surface area contributed by atoms with Crippen LogP contribution in [0.4, 0.5) is 13.2 Å². The van der Waals surface area contributed by atoms with E-state index in [0.717, 1.165) is 16.7 Å². The molecule has 0 spiro atoms. The van der Waals surface area contributed by atoms with Crippen LogP contribution in [0.3, 0.4) is 0 Å². The molecule has 10 heteroatoms. The van der Waals surface area contributed by atoms with Gasteiger partial charge < -0.3 is 9.47 Å². The van der Waals surface area contributed by atoms with Crippen molar-refractivity contribution in [2.24, 2.45) is 0 Å². The van der Waals surface area contributed by atoms with E-state index < -0.39 is 6.36 Å². The molecule has 1 unspecified atom stereocenters. The molecule has 4 rings (SSSR count). The van der Waals surface area contributed by atoms with Crippen LogP contribution in [0.5, 0.6) is 5.75 Å². The number of carbonyl (C=O) groups is 1. The molecule has 2 aromatic heterocycles. The molecule has 170 valence electrons. The van der Waals surface area contributed by atoms with Gasteiger partial charge in [-0.15, -0.1) is 18.3 Å². The number of halogens is 3. The Morgan fingerprint density at radius 1 is 1.09 bits per heavy atom. The zero-order chi connectivity index (χ0) is 23.4. The second kappa shape index (κ2) is 9.45. The van der Waals surface area contributed by atoms with E-state index in [9.17, 15) is 18.0 Å². The van der Waals surface area contributed by atoms with E-state index in [1.807, 2.05) is 23.8 Å². The molecule has 0 radical (unpaired) electrons. The molecule has 0 amide bonds. The zero-order valence-corrected chi connectivity index (χ0v) is 18.1. The molecule has 0 saturated carbocycles. The van der Waals surface area contributed by atoms with Crippen LogP contribution < -0.4 is 4.74 Å². The smallest absolute Gasteiger partial charge is 0.457 e. The average Bonchev–Trinajstić information content (AvgIpc) is 3.46. The summed E-state index contributed by atoms with van der Waals surface area (Å²) in [5.41, 5.74) is 3.02. The Hall–Kier alpha value is -3.66. The summed E-state index contributed by atoms with van der Waals surface area (Å²) in [5, 5.41) is 8.25. The normalized spacial score (nSPS) is 12.4. The summed E-state index contributed by atoms with van der Waals surface area (Å²) in [6.07, 6.45) is -3.44. The van der Waals surface area contributed by atoms with Gasteiger partial charge in [0.15, 0.2) is 5.82 Å². The molecule has 0 aliphatic heterocycles. The van der Waals surface area contributed by atoms with E-state index in [0.29, 0.717) is 11.5 Å². The minimum Gasteiger partial charge on any atom is -0.457 e. The van der Waals surface area contributed by atoms with Gasteiger partial charge in [0.2, 0.25) is 0 Å². The third kappa shape index (κ3) is 5.98. The summed E-state index contributed by atoms with van der Waals surface area (Å²) in [4.78, 5) is 16.5. The average molecular weight is 473 g/mol. The summed E-state index contributed by atoms with van der Waals surface area (Å²) in [6, 6.07) is 14.4. The first-order valence-corrected chi connectivity index (χ1v) is 10.8. The number of hydrogen-bond acceptors (Lipinski definition) is 6. The van der Waals surface area contributed by atoms with Crippen molar-refractivity contribution in [1.82, 2.24) is 14.8 Å². The van der Waals surface area contributed by atoms with Crippen LogP contribution in [0.2, 0.25) is 0 Å². The van der Waals surface area contributed by atoms with Gasteiger partial charge >= 0.3 is 12.3 Å². The minimum atomic E-state index is -4.74. The lowest BCUT2D eigenvalue weighted by Gasteiger charge is -2.12. The lowest BCUT2D eigenvalue weighted by Crippen LogP contribution is -2.17. The quantitative estimate of drug-likeness (QED) is 0.320. The topological polar surface area (TPSA) is 66.2 Å². The van der Waals surface area contributed by atoms with Crippen molar-refractivity contribution in [2.75, 3.05) is 0 Å². The molecule has 2 aromatic carbocycles. The third-order valence-electron chi connectivity index (χ3n) is 4.71. The highest BCUT2D eigenvalue weighted by Gasteiger charge is 2.31. The maximum absolute atomic E-state index is 12.3. The Bertz CT molecular complexity index is 1200. The molecular weight excluding hydrogens is 455 g/mol. The SMILES string of the molecule is CC(OC(=O)Cc1ccc(-c2ncn(-c3ccc(OC(F)(F)F)cc3)n2)cc1)c1ccsc1. The predicted molar refractivity (Wildman–Crippen MR) is 116 cm³/mol. The lowest BCUT2D eigenvalue weighted by molar-refractivity contribution is -0.274. The number of hydrogen-bond donors (Lipinski definition) is 0. The Morgan fingerprint density at radius 2 is 1.82 bits per heavy atom. The van der Waals surface area contributed by atoms with Gasteiger partial charge in [0.1, 0.15) is 18.2 Å². The standard InChI is InChI=1S/C23H18F3N3O3S/c1-15(18-10-11-33-13-18)31-21(30)12-16-2-4-17(5-3-16)22-27-14-29(28-22)19-6-8-20(9-7-19)32-23(24,25)26/h2-11,13-15H,12H2,1H3. The van der Waals surface area contributed by atoms with Crippen LogP contribution in [0, 0.1) is 0 Å². The van der Waals surface area contributed by atoms with Crippen LogP contribution in [-0.2, 0) is 16.0 Å². The monoisotopic (exact) mass is 473 g/mol. The van der Waals surface area contributed by atoms with Gasteiger partial charge in [0, 0.05) is 11.1 Å². The van der Waals surface area contributed by atoms with Crippen molar-refractivity contribution in [3.8, 4) is 22.8 Å². The molecule has 0 aliphatic rings. The fraction of sp³-hybridized carbons (Fsp3) is 0.174. The van der Waals surface area contributed by atoms with Crippen LogP contribution in [-0.4, -0.2) is 27.1 Å². The van der Waals surface area contributed by atoms with Gasteiger partial charge in [-0.3, -0.25) is 4.79 Å². The number of benzene rings is 2. The second-order valence-electron chi connectivity index (χ2n) is 7.12. The number of alkyl halides is 3. The van der Waals surface area contributed by atoms with E-state index in [4.69, 9.17) is 4.74 Å². The fourth-order valence-electron chi connectivity index (χ4n) is 3.07. The molecule has 4 aromatic rings. The summed E-state index contributed by atoms with van der Waals surface area (Å²) < 4.78 is 47.7. The van der Waals surface area contributed by atoms with Gasteiger partial charge in [-0.1, -0.05) is 24.3 Å². The van der Waals surface area contributed by atoms with Crippen LogP contribution in [0.1, 0.15) is 24.2 Å². The number of esters is 1. The molecule has 6 nitrogen and oxygen atoms in total. The van der Waals surface area contributed by atoms with Crippen LogP contribution in [0.15, 0.2) is 71.7 Å². The van der Waals surface area contributed by atoms with E-state index in [1.54, 1.807) is 35.6 Å². The van der Waals surface area contributed by atoms with Crippen LogP contribution in [0.25, 0.3) is 17.1 Å². The number of ether oxygens (including phenoxy) is 2. The van der Waals surface area contributed by atoms with Crippen molar-refractivity contribution in [2.45, 2.75) is 25.8 Å². The number of aromatic nitrogens is 3. The molecule has 0 bridgehead atoms. The minimum absolute atomic E-state index is 0.142. The van der Waals surface area contributed by atoms with E-state index in [1.165, 1.54) is 35.3 Å². The fourth-order valence-corrected chi connectivity index (χ4v) is 3.81. The van der Waals surface area contributed by atoms with Crippen molar-refractivity contribution in [3.05, 3.63) is 82.8 Å². The van der Waals surface area contributed by atoms with Crippen molar-refractivity contribution in [3.63, 3.8) is 0 Å². The molecule has 33 heavy (non-hydrogen) atoms. The van der Waals surface area contributed by atoms with Gasteiger partial charge in [0.05, 0.1) is 12.1 Å². The van der Waals surface area contributed by atoms with E-state index in [-0.39, 0.29) is 24.2 Å². The Labute approximate surface area is 191 Å². The van der Waals surface area contributed by atoms with Crippen molar-refractivity contribution in [1.29, 1.82) is 0 Å². The maximum Gasteiger partial charge on any atom is 0.573 e. The van der Waals surface area contributed by atoms with Gasteiger partial charge in [-0.2, -0.15) is 11.3 Å². The largest absolute Gasteiger partial charge is 0.573 e. The number of thiophene rings is 1. The first-order chi connectivity index (χ1) is 15.8. The summed E-state index contributed by atoms with van der Waals surface area (Å²) in [7, 11) is 0. The zero-order valence-electron chi connectivity index (χ0n) is 17.3. The van der Waals surface area contributed by atoms with Gasteiger partial charge in [0.25, 0.3) is 0 Å². The van der Waals surface area contributed by atoms with Gasteiger partial charge in [-0.05, 0) is 53.6 Å². The molecular formula is C23H18F3N3O3S. The Balaban J connectivity index is 1.38. The Morgan fingerprint density at radius 3 is 2.45 bits per heavy atom.